The molecule has 0 radical (unpaired) electrons. The van der Waals surface area contributed by atoms with Gasteiger partial charge in [-0.2, -0.15) is 0 Å². The molecular formula is C37H44N6O6. The minimum Gasteiger partial charge on any atom is -0.391 e. The first-order valence-electron chi connectivity index (χ1n) is 16.3. The monoisotopic (exact) mass is 668 g/mol. The van der Waals surface area contributed by atoms with Crippen molar-refractivity contribution in [1.29, 1.82) is 0 Å². The number of hydrogen-bond donors (Lipinski definition) is 6. The van der Waals surface area contributed by atoms with E-state index < -0.39 is 47.9 Å². The quantitative estimate of drug-likeness (QED) is 0.100. The molecule has 49 heavy (non-hydrogen) atoms. The molecule has 12 nitrogen and oxygen atoms in total. The topological polar surface area (TPSA) is 173 Å². The van der Waals surface area contributed by atoms with Gasteiger partial charge < -0.3 is 36.3 Å². The van der Waals surface area contributed by atoms with Crippen LogP contribution in [0.1, 0.15) is 48.3 Å². The van der Waals surface area contributed by atoms with Crippen LogP contribution < -0.4 is 21.3 Å². The number of H-pyrrole nitrogens is 1. The molecule has 1 heterocycles. The summed E-state index contributed by atoms with van der Waals surface area (Å²) in [5, 5.41) is 21.6. The summed E-state index contributed by atoms with van der Waals surface area (Å²) in [4.78, 5) is 70.0. The van der Waals surface area contributed by atoms with Crippen molar-refractivity contribution in [2.45, 2.75) is 63.9 Å². The predicted molar refractivity (Wildman–Crippen MR) is 186 cm³/mol. The molecule has 0 aliphatic rings. The van der Waals surface area contributed by atoms with E-state index in [0.29, 0.717) is 6.54 Å². The third kappa shape index (κ3) is 10.8. The zero-order valence-electron chi connectivity index (χ0n) is 27.9. The Balaban J connectivity index is 1.51. The Morgan fingerprint density at radius 3 is 2.06 bits per heavy atom. The number of aliphatic hydroxyl groups is 1. The standard InChI is InChI=1S/C37H44N6O6/c1-24(44)33(39-25(2)45)36(48)38-20-12-19-30(41-35(47)31-22-28-17-10-11-18-29(28)40-31)34(46)42-32(21-26-13-6-4-7-14-26)37(49)43(3)23-27-15-8-5-9-16-27/h4-11,13-18,22,24,30,32-33,40,44H,12,19-21,23H2,1-3H3,(H,38,48)(H,39,45)(H,41,47)(H,42,46). The summed E-state index contributed by atoms with van der Waals surface area (Å²) < 4.78 is 0. The van der Waals surface area contributed by atoms with E-state index in [-0.39, 0.29) is 37.4 Å². The first-order chi connectivity index (χ1) is 23.5. The van der Waals surface area contributed by atoms with Gasteiger partial charge in [-0.05, 0) is 43.0 Å². The second kappa shape index (κ2) is 17.6. The van der Waals surface area contributed by atoms with Gasteiger partial charge in [-0.3, -0.25) is 24.0 Å². The first-order valence-corrected chi connectivity index (χ1v) is 16.3. The molecule has 6 N–H and O–H groups in total. The van der Waals surface area contributed by atoms with Crippen molar-refractivity contribution in [2.24, 2.45) is 0 Å². The van der Waals surface area contributed by atoms with Gasteiger partial charge >= 0.3 is 0 Å². The highest BCUT2D eigenvalue weighted by atomic mass is 16.3. The normalized spacial score (nSPS) is 13.4. The second-order valence-electron chi connectivity index (χ2n) is 12.1. The van der Waals surface area contributed by atoms with Gasteiger partial charge in [0, 0.05) is 44.4 Å². The van der Waals surface area contributed by atoms with Gasteiger partial charge in [-0.25, -0.2) is 0 Å². The van der Waals surface area contributed by atoms with Crippen LogP contribution in [0.25, 0.3) is 10.9 Å². The Morgan fingerprint density at radius 2 is 1.43 bits per heavy atom. The Bertz CT molecular complexity index is 1690. The number of nitrogens with one attached hydrogen (secondary N) is 5. The van der Waals surface area contributed by atoms with Gasteiger partial charge in [0.25, 0.3) is 5.91 Å². The molecule has 0 spiro atoms. The Labute approximate surface area is 285 Å². The van der Waals surface area contributed by atoms with E-state index in [4.69, 9.17) is 0 Å². The maximum absolute atomic E-state index is 13.9. The van der Waals surface area contributed by atoms with Gasteiger partial charge in [0.2, 0.25) is 23.6 Å². The molecule has 0 aliphatic heterocycles. The fraction of sp³-hybridized carbons (Fsp3) is 0.324. The van der Waals surface area contributed by atoms with Gasteiger partial charge in [0.15, 0.2) is 0 Å². The summed E-state index contributed by atoms with van der Waals surface area (Å²) >= 11 is 0. The predicted octanol–water partition coefficient (Wildman–Crippen LogP) is 2.43. The van der Waals surface area contributed by atoms with Crippen LogP contribution in [-0.4, -0.2) is 82.3 Å². The van der Waals surface area contributed by atoms with E-state index in [1.165, 1.54) is 13.8 Å². The fourth-order valence-electron chi connectivity index (χ4n) is 5.48. The zero-order valence-corrected chi connectivity index (χ0v) is 27.9. The second-order valence-corrected chi connectivity index (χ2v) is 12.1. The average molecular weight is 669 g/mol. The number of aromatic amines is 1. The maximum atomic E-state index is 13.9. The number of rotatable bonds is 16. The van der Waals surface area contributed by atoms with Crippen molar-refractivity contribution in [1.82, 2.24) is 31.2 Å². The molecule has 0 bridgehead atoms. The molecule has 4 aromatic rings. The van der Waals surface area contributed by atoms with Crippen molar-refractivity contribution in [2.75, 3.05) is 13.6 Å². The minimum absolute atomic E-state index is 0.0971. The van der Waals surface area contributed by atoms with E-state index in [2.05, 4.69) is 26.3 Å². The van der Waals surface area contributed by atoms with E-state index in [1.54, 1.807) is 18.0 Å². The number of para-hydroxylation sites is 1. The van der Waals surface area contributed by atoms with Crippen LogP contribution in [0, 0.1) is 0 Å². The largest absolute Gasteiger partial charge is 0.391 e. The number of nitrogens with zero attached hydrogens (tertiary/aromatic N) is 1. The summed E-state index contributed by atoms with van der Waals surface area (Å²) in [6.45, 7) is 3.08. The summed E-state index contributed by atoms with van der Waals surface area (Å²) in [6, 6.07) is 24.8. The molecule has 4 unspecified atom stereocenters. The van der Waals surface area contributed by atoms with Crippen molar-refractivity contribution in [3.63, 3.8) is 0 Å². The number of carbonyl (C=O) groups is 5. The van der Waals surface area contributed by atoms with Crippen molar-refractivity contribution < 1.29 is 29.1 Å². The molecule has 258 valence electrons. The van der Waals surface area contributed by atoms with Crippen LogP contribution in [-0.2, 0) is 32.1 Å². The number of carbonyl (C=O) groups excluding carboxylic acids is 5. The summed E-state index contributed by atoms with van der Waals surface area (Å²) in [5.41, 5.74) is 2.81. The Hall–Kier alpha value is -5.49. The molecule has 3 aromatic carbocycles. The first kappa shape index (κ1) is 36.3. The molecule has 12 heteroatoms. The van der Waals surface area contributed by atoms with Crippen LogP contribution in [0.4, 0.5) is 0 Å². The summed E-state index contributed by atoms with van der Waals surface area (Å²) in [6.07, 6.45) is -0.525. The van der Waals surface area contributed by atoms with Crippen molar-refractivity contribution in [3.8, 4) is 0 Å². The SMILES string of the molecule is CC(=O)NC(C(=O)NCCCC(NC(=O)c1cc2ccccc2[nH]1)C(=O)NC(Cc1ccccc1)C(=O)N(C)Cc1ccccc1)C(C)O. The lowest BCUT2D eigenvalue weighted by atomic mass is 10.0. The van der Waals surface area contributed by atoms with E-state index in [9.17, 15) is 29.1 Å². The van der Waals surface area contributed by atoms with Crippen molar-refractivity contribution >= 4 is 40.4 Å². The molecular weight excluding hydrogens is 624 g/mol. The van der Waals surface area contributed by atoms with Gasteiger partial charge in [-0.1, -0.05) is 78.9 Å². The molecule has 1 aromatic heterocycles. The number of aliphatic hydroxyl groups excluding tert-OH is 1. The molecule has 4 atom stereocenters. The summed E-state index contributed by atoms with van der Waals surface area (Å²) in [7, 11) is 1.68. The van der Waals surface area contributed by atoms with Crippen LogP contribution in [0.5, 0.6) is 0 Å². The highest BCUT2D eigenvalue weighted by Gasteiger charge is 2.30. The van der Waals surface area contributed by atoms with E-state index in [1.807, 2.05) is 84.9 Å². The number of fused-ring (bicyclic) bond motifs is 1. The highest BCUT2D eigenvalue weighted by Crippen LogP contribution is 2.15. The Kier molecular flexibility index (Phi) is 13.1. The molecule has 0 aliphatic carbocycles. The molecule has 4 rings (SSSR count). The fourth-order valence-corrected chi connectivity index (χ4v) is 5.48. The van der Waals surface area contributed by atoms with Crippen LogP contribution in [0.15, 0.2) is 91.0 Å². The lowest BCUT2D eigenvalue weighted by molar-refractivity contribution is -0.136. The lowest BCUT2D eigenvalue weighted by Gasteiger charge is -2.27. The van der Waals surface area contributed by atoms with Crippen LogP contribution >= 0.6 is 0 Å². The maximum Gasteiger partial charge on any atom is 0.268 e. The smallest absolute Gasteiger partial charge is 0.268 e. The molecule has 0 saturated carbocycles. The third-order valence-electron chi connectivity index (χ3n) is 8.02. The summed E-state index contributed by atoms with van der Waals surface area (Å²) in [5.74, 6) is -2.41. The van der Waals surface area contributed by atoms with E-state index >= 15 is 0 Å². The van der Waals surface area contributed by atoms with Crippen LogP contribution in [0.2, 0.25) is 0 Å². The minimum atomic E-state index is -1.14. The van der Waals surface area contributed by atoms with Gasteiger partial charge in [-0.15, -0.1) is 0 Å². The van der Waals surface area contributed by atoms with E-state index in [0.717, 1.165) is 22.0 Å². The number of aromatic nitrogens is 1. The van der Waals surface area contributed by atoms with Crippen molar-refractivity contribution in [3.05, 3.63) is 108 Å². The number of amides is 5. The van der Waals surface area contributed by atoms with Gasteiger partial charge in [0.05, 0.1) is 6.10 Å². The highest BCUT2D eigenvalue weighted by molar-refractivity contribution is 6.00. The zero-order chi connectivity index (χ0) is 35.3. The number of benzene rings is 3. The number of likely N-dealkylation sites (N-methyl/N-ethyl adjacent to an activating group) is 1. The third-order valence-corrected chi connectivity index (χ3v) is 8.02. The van der Waals surface area contributed by atoms with Crippen LogP contribution in [0.3, 0.4) is 0 Å². The van der Waals surface area contributed by atoms with Gasteiger partial charge in [0.1, 0.15) is 23.8 Å². The lowest BCUT2D eigenvalue weighted by Crippen LogP contribution is -2.55. The molecule has 0 saturated heterocycles. The average Bonchev–Trinajstić information content (AvgIpc) is 3.53. The molecule has 0 fully saturated rings. The number of hydrogen-bond acceptors (Lipinski definition) is 6. The molecule has 5 amide bonds. The Morgan fingerprint density at radius 1 is 0.796 bits per heavy atom.